The number of carboxylic acids is 1. The van der Waals surface area contributed by atoms with Crippen LogP contribution in [0.25, 0.3) is 0 Å². The molecule has 6 heteroatoms. The second kappa shape index (κ2) is 6.62. The number of carboxylic acid groups (broad SMARTS) is 1. The summed E-state index contributed by atoms with van der Waals surface area (Å²) in [7, 11) is 3.79. The van der Waals surface area contributed by atoms with Crippen LogP contribution in [0.4, 0.5) is 11.4 Å². The molecule has 2 aromatic carbocycles. The highest BCUT2D eigenvalue weighted by molar-refractivity contribution is 6.08. The molecule has 2 N–H and O–H groups in total. The Balaban J connectivity index is 2.26. The number of benzene rings is 2. The van der Waals surface area contributed by atoms with E-state index in [1.54, 1.807) is 24.3 Å². The van der Waals surface area contributed by atoms with Gasteiger partial charge < -0.3 is 15.3 Å². The van der Waals surface area contributed by atoms with Gasteiger partial charge in [0.1, 0.15) is 0 Å². The molecular weight excluding hydrogens is 294 g/mol. The van der Waals surface area contributed by atoms with E-state index in [4.69, 9.17) is 5.26 Å². The van der Waals surface area contributed by atoms with E-state index in [0.29, 0.717) is 5.56 Å². The van der Waals surface area contributed by atoms with Crippen LogP contribution >= 0.6 is 0 Å². The van der Waals surface area contributed by atoms with Gasteiger partial charge in [0.25, 0.3) is 5.91 Å². The van der Waals surface area contributed by atoms with Crippen molar-refractivity contribution in [2.24, 2.45) is 0 Å². The van der Waals surface area contributed by atoms with E-state index >= 15 is 0 Å². The lowest BCUT2D eigenvalue weighted by Crippen LogP contribution is -2.15. The molecule has 0 unspecified atom stereocenters. The van der Waals surface area contributed by atoms with Gasteiger partial charge in [-0.15, -0.1) is 0 Å². The zero-order chi connectivity index (χ0) is 17.0. The second-order valence-electron chi connectivity index (χ2n) is 5.07. The van der Waals surface area contributed by atoms with E-state index in [1.807, 2.05) is 25.1 Å². The van der Waals surface area contributed by atoms with Crippen LogP contribution in [0.5, 0.6) is 0 Å². The molecule has 0 aliphatic carbocycles. The first-order valence-corrected chi connectivity index (χ1v) is 6.78. The van der Waals surface area contributed by atoms with Crippen molar-refractivity contribution in [3.05, 3.63) is 59.2 Å². The van der Waals surface area contributed by atoms with Crippen molar-refractivity contribution in [2.75, 3.05) is 24.3 Å². The van der Waals surface area contributed by atoms with Gasteiger partial charge in [0.2, 0.25) is 0 Å². The minimum absolute atomic E-state index is 0.123. The molecule has 0 bridgehead atoms. The first-order valence-electron chi connectivity index (χ1n) is 6.78. The number of amides is 1. The number of nitrogens with zero attached hydrogens (tertiary/aromatic N) is 2. The van der Waals surface area contributed by atoms with Gasteiger partial charge in [-0.3, -0.25) is 4.79 Å². The molecule has 116 valence electrons. The molecule has 6 nitrogen and oxygen atoms in total. The van der Waals surface area contributed by atoms with E-state index in [0.717, 1.165) is 5.69 Å². The first kappa shape index (κ1) is 16.0. The Morgan fingerprint density at radius 2 is 1.78 bits per heavy atom. The Labute approximate surface area is 133 Å². The average molecular weight is 309 g/mol. The molecule has 0 fully saturated rings. The van der Waals surface area contributed by atoms with Gasteiger partial charge in [-0.1, -0.05) is 0 Å². The minimum atomic E-state index is -1.21. The minimum Gasteiger partial charge on any atom is -0.478 e. The summed E-state index contributed by atoms with van der Waals surface area (Å²) >= 11 is 0. The van der Waals surface area contributed by atoms with Crippen molar-refractivity contribution < 1.29 is 14.7 Å². The summed E-state index contributed by atoms with van der Waals surface area (Å²) < 4.78 is 0. The van der Waals surface area contributed by atoms with E-state index < -0.39 is 11.9 Å². The maximum atomic E-state index is 12.2. The third-order valence-electron chi connectivity index (χ3n) is 3.27. The number of nitrogens with one attached hydrogen (secondary N) is 1. The summed E-state index contributed by atoms with van der Waals surface area (Å²) in [5, 5.41) is 20.6. The van der Waals surface area contributed by atoms with Crippen LogP contribution in [0.15, 0.2) is 42.5 Å². The number of aromatic carboxylic acids is 1. The predicted molar refractivity (Wildman–Crippen MR) is 86.8 cm³/mol. The van der Waals surface area contributed by atoms with Crippen molar-refractivity contribution >= 4 is 23.3 Å². The third kappa shape index (κ3) is 3.66. The molecule has 0 heterocycles. The maximum absolute atomic E-state index is 12.2. The molecule has 0 saturated heterocycles. The SMILES string of the molecule is CN(C)c1ccc(C(=O)Nc2ccc(C#N)cc2C(=O)O)cc1. The van der Waals surface area contributed by atoms with Gasteiger partial charge in [-0.25, -0.2) is 4.79 Å². The summed E-state index contributed by atoms with van der Waals surface area (Å²) in [6.45, 7) is 0. The molecule has 0 aromatic heterocycles. The molecule has 0 aliphatic rings. The van der Waals surface area contributed by atoms with Crippen molar-refractivity contribution in [3.8, 4) is 6.07 Å². The number of rotatable bonds is 4. The van der Waals surface area contributed by atoms with Crippen LogP contribution in [0.3, 0.4) is 0 Å². The summed E-state index contributed by atoms with van der Waals surface area (Å²) in [6, 6.07) is 12.9. The standard InChI is InChI=1S/C17H15N3O3/c1-20(2)13-6-4-12(5-7-13)16(21)19-15-8-3-11(10-18)9-14(15)17(22)23/h3-9H,1-2H3,(H,19,21)(H,22,23). The molecule has 0 radical (unpaired) electrons. The lowest BCUT2D eigenvalue weighted by molar-refractivity contribution is 0.0698. The van der Waals surface area contributed by atoms with E-state index in [9.17, 15) is 14.7 Å². The van der Waals surface area contributed by atoms with Crippen molar-refractivity contribution in [1.82, 2.24) is 0 Å². The Kier molecular flexibility index (Phi) is 4.62. The smallest absolute Gasteiger partial charge is 0.337 e. The third-order valence-corrected chi connectivity index (χ3v) is 3.27. The fourth-order valence-electron chi connectivity index (χ4n) is 2.01. The van der Waals surface area contributed by atoms with Gasteiger partial charge in [0.05, 0.1) is 22.9 Å². The lowest BCUT2D eigenvalue weighted by atomic mass is 10.1. The molecule has 2 rings (SSSR count). The molecule has 1 amide bonds. The van der Waals surface area contributed by atoms with Crippen LogP contribution in [0.2, 0.25) is 0 Å². The van der Waals surface area contributed by atoms with Crippen LogP contribution in [-0.4, -0.2) is 31.1 Å². The Morgan fingerprint density at radius 3 is 2.30 bits per heavy atom. The Morgan fingerprint density at radius 1 is 1.13 bits per heavy atom. The number of anilines is 2. The van der Waals surface area contributed by atoms with E-state index in [2.05, 4.69) is 5.32 Å². The van der Waals surface area contributed by atoms with Crippen molar-refractivity contribution in [3.63, 3.8) is 0 Å². The maximum Gasteiger partial charge on any atom is 0.337 e. The van der Waals surface area contributed by atoms with Crippen LogP contribution in [-0.2, 0) is 0 Å². The zero-order valence-electron chi connectivity index (χ0n) is 12.7. The topological polar surface area (TPSA) is 93.4 Å². The number of hydrogen-bond donors (Lipinski definition) is 2. The summed E-state index contributed by atoms with van der Waals surface area (Å²) in [6.07, 6.45) is 0. The quantitative estimate of drug-likeness (QED) is 0.905. The number of carbonyl (C=O) groups is 2. The predicted octanol–water partition coefficient (Wildman–Crippen LogP) is 2.57. The zero-order valence-corrected chi connectivity index (χ0v) is 12.7. The molecule has 0 saturated carbocycles. The lowest BCUT2D eigenvalue weighted by Gasteiger charge is -2.13. The van der Waals surface area contributed by atoms with Gasteiger partial charge in [0, 0.05) is 25.3 Å². The van der Waals surface area contributed by atoms with Crippen LogP contribution < -0.4 is 10.2 Å². The first-order chi connectivity index (χ1) is 10.9. The Hall–Kier alpha value is -3.33. The van der Waals surface area contributed by atoms with Gasteiger partial charge in [0.15, 0.2) is 0 Å². The molecule has 0 spiro atoms. The fraction of sp³-hybridized carbons (Fsp3) is 0.118. The van der Waals surface area contributed by atoms with E-state index in [-0.39, 0.29) is 16.8 Å². The highest BCUT2D eigenvalue weighted by Crippen LogP contribution is 2.19. The molecule has 2 aromatic rings. The summed E-state index contributed by atoms with van der Waals surface area (Å²) in [5.74, 6) is -1.62. The molecular formula is C17H15N3O3. The molecule has 23 heavy (non-hydrogen) atoms. The summed E-state index contributed by atoms with van der Waals surface area (Å²) in [5.41, 5.74) is 1.61. The highest BCUT2D eigenvalue weighted by atomic mass is 16.4. The van der Waals surface area contributed by atoms with Crippen molar-refractivity contribution in [2.45, 2.75) is 0 Å². The van der Waals surface area contributed by atoms with E-state index in [1.165, 1.54) is 18.2 Å². The fourth-order valence-corrected chi connectivity index (χ4v) is 2.01. The largest absolute Gasteiger partial charge is 0.478 e. The van der Waals surface area contributed by atoms with Gasteiger partial charge >= 0.3 is 5.97 Å². The number of nitriles is 1. The van der Waals surface area contributed by atoms with Crippen LogP contribution in [0.1, 0.15) is 26.3 Å². The highest BCUT2D eigenvalue weighted by Gasteiger charge is 2.14. The average Bonchev–Trinajstić information content (AvgIpc) is 2.55. The van der Waals surface area contributed by atoms with Gasteiger partial charge in [-0.05, 0) is 42.5 Å². The van der Waals surface area contributed by atoms with Crippen molar-refractivity contribution in [1.29, 1.82) is 5.26 Å². The molecule has 0 aliphatic heterocycles. The van der Waals surface area contributed by atoms with Crippen LogP contribution in [0, 0.1) is 11.3 Å². The monoisotopic (exact) mass is 309 g/mol. The number of hydrogen-bond acceptors (Lipinski definition) is 4. The molecule has 0 atom stereocenters. The number of carbonyl (C=O) groups excluding carboxylic acids is 1. The van der Waals surface area contributed by atoms with Gasteiger partial charge in [-0.2, -0.15) is 5.26 Å². The Bertz CT molecular complexity index is 790. The summed E-state index contributed by atoms with van der Waals surface area (Å²) in [4.78, 5) is 25.4. The second-order valence-corrected chi connectivity index (χ2v) is 5.07. The normalized spacial score (nSPS) is 9.78.